The van der Waals surface area contributed by atoms with Crippen molar-refractivity contribution < 1.29 is 19.1 Å². The van der Waals surface area contributed by atoms with E-state index in [4.69, 9.17) is 0 Å². The van der Waals surface area contributed by atoms with Crippen LogP contribution in [0, 0.1) is 0 Å². The van der Waals surface area contributed by atoms with Crippen LogP contribution in [0.2, 0.25) is 0 Å². The first-order valence-electron chi connectivity index (χ1n) is 5.16. The van der Waals surface area contributed by atoms with E-state index in [2.05, 4.69) is 9.47 Å². The van der Waals surface area contributed by atoms with Crippen LogP contribution in [0.15, 0.2) is 30.3 Å². The Morgan fingerprint density at radius 3 is 2.29 bits per heavy atom. The van der Waals surface area contributed by atoms with Crippen molar-refractivity contribution in [1.82, 2.24) is 0 Å². The van der Waals surface area contributed by atoms with Crippen LogP contribution in [0.3, 0.4) is 0 Å². The monoisotopic (exact) mass is 237 g/mol. The zero-order valence-electron chi connectivity index (χ0n) is 9.88. The van der Waals surface area contributed by atoms with Gasteiger partial charge in [0.15, 0.2) is 0 Å². The van der Waals surface area contributed by atoms with Gasteiger partial charge in [-0.15, -0.1) is 0 Å². The Morgan fingerprint density at radius 2 is 1.76 bits per heavy atom. The summed E-state index contributed by atoms with van der Waals surface area (Å²) in [6.45, 7) is 0.226. The quantitative estimate of drug-likeness (QED) is 0.749. The highest BCUT2D eigenvalue weighted by Gasteiger charge is 2.17. The van der Waals surface area contributed by atoms with Gasteiger partial charge < -0.3 is 9.47 Å². The zero-order chi connectivity index (χ0) is 12.7. The highest BCUT2D eigenvalue weighted by Crippen LogP contribution is 2.14. The number of rotatable bonds is 4. The third-order valence-electron chi connectivity index (χ3n) is 2.23. The van der Waals surface area contributed by atoms with Gasteiger partial charge in [0.05, 0.1) is 20.6 Å². The molecule has 0 N–H and O–H groups in total. The van der Waals surface area contributed by atoms with Crippen molar-refractivity contribution in [2.45, 2.75) is 6.42 Å². The zero-order valence-corrected chi connectivity index (χ0v) is 9.88. The van der Waals surface area contributed by atoms with Crippen molar-refractivity contribution in [2.75, 3.05) is 25.7 Å². The van der Waals surface area contributed by atoms with E-state index >= 15 is 0 Å². The molecule has 0 heterocycles. The van der Waals surface area contributed by atoms with Crippen molar-refractivity contribution in [1.29, 1.82) is 0 Å². The molecule has 0 bridgehead atoms. The Balaban J connectivity index is 2.75. The lowest BCUT2D eigenvalue weighted by Gasteiger charge is -2.20. The minimum Gasteiger partial charge on any atom is -0.469 e. The summed E-state index contributed by atoms with van der Waals surface area (Å²) in [5.41, 5.74) is 0.684. The largest absolute Gasteiger partial charge is 0.469 e. The molecule has 0 saturated carbocycles. The molecule has 0 radical (unpaired) electrons. The minimum absolute atomic E-state index is 0.125. The molecule has 1 rings (SSSR count). The number of carbonyl (C=O) groups excluding carboxylic acids is 2. The smallest absolute Gasteiger partial charge is 0.414 e. The van der Waals surface area contributed by atoms with Gasteiger partial charge in [-0.2, -0.15) is 0 Å². The fourth-order valence-corrected chi connectivity index (χ4v) is 1.35. The molecule has 1 aromatic carbocycles. The Bertz CT molecular complexity index is 377. The summed E-state index contributed by atoms with van der Waals surface area (Å²) in [4.78, 5) is 24.0. The van der Waals surface area contributed by atoms with Crippen LogP contribution in [0.25, 0.3) is 0 Å². The van der Waals surface area contributed by atoms with Crippen molar-refractivity contribution >= 4 is 17.7 Å². The van der Waals surface area contributed by atoms with Crippen LogP contribution in [0.4, 0.5) is 10.5 Å². The van der Waals surface area contributed by atoms with E-state index in [0.717, 1.165) is 0 Å². The third-order valence-corrected chi connectivity index (χ3v) is 2.23. The number of ether oxygens (including phenoxy) is 2. The summed E-state index contributed by atoms with van der Waals surface area (Å²) in [5, 5.41) is 0. The predicted molar refractivity (Wildman–Crippen MR) is 62.8 cm³/mol. The summed E-state index contributed by atoms with van der Waals surface area (Å²) < 4.78 is 9.20. The maximum absolute atomic E-state index is 11.6. The molecule has 92 valence electrons. The first-order chi connectivity index (χ1) is 8.19. The topological polar surface area (TPSA) is 55.8 Å². The lowest BCUT2D eigenvalue weighted by molar-refractivity contribution is -0.140. The summed E-state index contributed by atoms with van der Waals surface area (Å²) in [6.07, 6.45) is -0.374. The molecule has 0 aromatic heterocycles. The molecule has 0 aliphatic rings. The SMILES string of the molecule is COC(=O)CCN(C(=O)OC)c1ccccc1. The normalized spacial score (nSPS) is 9.53. The van der Waals surface area contributed by atoms with Gasteiger partial charge in [0.25, 0.3) is 0 Å². The Labute approximate surface area is 99.9 Å². The molecule has 0 aliphatic carbocycles. The summed E-state index contributed by atoms with van der Waals surface area (Å²) in [6, 6.07) is 9.01. The van der Waals surface area contributed by atoms with E-state index < -0.39 is 6.09 Å². The average Bonchev–Trinajstić information content (AvgIpc) is 2.39. The number of hydrogen-bond donors (Lipinski definition) is 0. The first kappa shape index (κ1) is 13.0. The van der Waals surface area contributed by atoms with E-state index in [9.17, 15) is 9.59 Å². The molecular formula is C12H15NO4. The molecule has 1 amide bonds. The average molecular weight is 237 g/mol. The summed E-state index contributed by atoms with van der Waals surface area (Å²) in [5.74, 6) is -0.366. The van der Waals surface area contributed by atoms with Gasteiger partial charge in [-0.1, -0.05) is 18.2 Å². The number of hydrogen-bond acceptors (Lipinski definition) is 4. The molecule has 1 aromatic rings. The fraction of sp³-hybridized carbons (Fsp3) is 0.333. The summed E-state index contributed by atoms with van der Waals surface area (Å²) >= 11 is 0. The number of amides is 1. The van der Waals surface area contributed by atoms with Crippen molar-refractivity contribution in [3.8, 4) is 0 Å². The van der Waals surface area contributed by atoms with Crippen LogP contribution in [0.1, 0.15) is 6.42 Å². The number of anilines is 1. The molecule has 17 heavy (non-hydrogen) atoms. The van der Waals surface area contributed by atoms with Crippen LogP contribution < -0.4 is 4.90 Å². The Hall–Kier alpha value is -2.04. The highest BCUT2D eigenvalue weighted by atomic mass is 16.5. The van der Waals surface area contributed by atoms with Crippen molar-refractivity contribution in [2.24, 2.45) is 0 Å². The number of methoxy groups -OCH3 is 2. The van der Waals surface area contributed by atoms with Crippen LogP contribution in [-0.4, -0.2) is 32.8 Å². The van der Waals surface area contributed by atoms with E-state index in [1.165, 1.54) is 19.1 Å². The molecular weight excluding hydrogens is 222 g/mol. The van der Waals surface area contributed by atoms with Gasteiger partial charge in [-0.3, -0.25) is 9.69 Å². The number of esters is 1. The van der Waals surface area contributed by atoms with Gasteiger partial charge >= 0.3 is 12.1 Å². The standard InChI is InChI=1S/C12H15NO4/c1-16-11(14)8-9-13(12(15)17-2)10-6-4-3-5-7-10/h3-7H,8-9H2,1-2H3. The fourth-order valence-electron chi connectivity index (χ4n) is 1.35. The van der Waals surface area contributed by atoms with Crippen molar-refractivity contribution in [3.63, 3.8) is 0 Å². The van der Waals surface area contributed by atoms with Gasteiger partial charge in [-0.25, -0.2) is 4.79 Å². The van der Waals surface area contributed by atoms with Crippen molar-refractivity contribution in [3.05, 3.63) is 30.3 Å². The molecule has 5 heteroatoms. The third kappa shape index (κ3) is 3.79. The van der Waals surface area contributed by atoms with E-state index in [-0.39, 0.29) is 18.9 Å². The van der Waals surface area contributed by atoms with Crippen LogP contribution in [-0.2, 0) is 14.3 Å². The van der Waals surface area contributed by atoms with Crippen LogP contribution >= 0.6 is 0 Å². The van der Waals surface area contributed by atoms with E-state index in [1.807, 2.05) is 18.2 Å². The second kappa shape index (κ2) is 6.52. The number of nitrogens with zero attached hydrogens (tertiary/aromatic N) is 1. The molecule has 0 unspecified atom stereocenters. The number of para-hydroxylation sites is 1. The number of carbonyl (C=O) groups is 2. The van der Waals surface area contributed by atoms with Gasteiger partial charge in [0.1, 0.15) is 0 Å². The lowest BCUT2D eigenvalue weighted by atomic mass is 10.3. The molecule has 0 spiro atoms. The minimum atomic E-state index is -0.500. The lowest BCUT2D eigenvalue weighted by Crippen LogP contribution is -2.33. The number of benzene rings is 1. The summed E-state index contributed by atoms with van der Waals surface area (Å²) in [7, 11) is 2.61. The first-order valence-corrected chi connectivity index (χ1v) is 5.16. The predicted octanol–water partition coefficient (Wildman–Crippen LogP) is 1.82. The Kier molecular flexibility index (Phi) is 5.00. The highest BCUT2D eigenvalue weighted by molar-refractivity contribution is 5.88. The van der Waals surface area contributed by atoms with Gasteiger partial charge in [0.2, 0.25) is 0 Å². The van der Waals surface area contributed by atoms with Gasteiger partial charge in [-0.05, 0) is 12.1 Å². The maximum atomic E-state index is 11.6. The Morgan fingerprint density at radius 1 is 1.12 bits per heavy atom. The molecule has 0 aliphatic heterocycles. The van der Waals surface area contributed by atoms with Crippen LogP contribution in [0.5, 0.6) is 0 Å². The molecule has 0 fully saturated rings. The molecule has 0 saturated heterocycles. The van der Waals surface area contributed by atoms with Gasteiger partial charge in [0, 0.05) is 12.2 Å². The second-order valence-electron chi connectivity index (χ2n) is 3.28. The maximum Gasteiger partial charge on any atom is 0.414 e. The van der Waals surface area contributed by atoms with E-state index in [1.54, 1.807) is 12.1 Å². The van der Waals surface area contributed by atoms with E-state index in [0.29, 0.717) is 5.69 Å². The second-order valence-corrected chi connectivity index (χ2v) is 3.28. The molecule has 5 nitrogen and oxygen atoms in total. The molecule has 0 atom stereocenters.